The van der Waals surface area contributed by atoms with Gasteiger partial charge in [0.1, 0.15) is 11.4 Å². The first kappa shape index (κ1) is 30.2. The lowest BCUT2D eigenvalue weighted by molar-refractivity contribution is -0.157. The second-order valence-electron chi connectivity index (χ2n) is 10.0. The van der Waals surface area contributed by atoms with Crippen molar-refractivity contribution in [3.8, 4) is 11.6 Å². The lowest BCUT2D eigenvalue weighted by Gasteiger charge is -2.21. The van der Waals surface area contributed by atoms with Crippen LogP contribution in [-0.4, -0.2) is 65.7 Å². The van der Waals surface area contributed by atoms with Crippen LogP contribution < -0.4 is 9.04 Å². The fourth-order valence-corrected chi connectivity index (χ4v) is 3.62. The second-order valence-corrected chi connectivity index (χ2v) is 12.0. The Morgan fingerprint density at radius 3 is 2.30 bits per heavy atom. The van der Waals surface area contributed by atoms with Crippen molar-refractivity contribution in [2.75, 3.05) is 17.6 Å². The maximum absolute atomic E-state index is 12.1. The van der Waals surface area contributed by atoms with Crippen LogP contribution in [0, 0.1) is 0 Å². The van der Waals surface area contributed by atoms with Crippen molar-refractivity contribution >= 4 is 28.0 Å². The summed E-state index contributed by atoms with van der Waals surface area (Å²) in [6.45, 7) is 8.97. The number of aliphatic hydroxyl groups excluding tert-OH is 2. The van der Waals surface area contributed by atoms with E-state index in [2.05, 4.69) is 9.97 Å². The third kappa shape index (κ3) is 9.75. The highest BCUT2D eigenvalue weighted by molar-refractivity contribution is 7.92. The van der Waals surface area contributed by atoms with Crippen molar-refractivity contribution in [2.24, 2.45) is 0 Å². The topological polar surface area (TPSA) is 139 Å². The third-order valence-electron chi connectivity index (χ3n) is 5.03. The van der Waals surface area contributed by atoms with Crippen molar-refractivity contribution < 1.29 is 32.9 Å². The molecule has 0 amide bonds. The van der Waals surface area contributed by atoms with Crippen molar-refractivity contribution in [1.29, 1.82) is 0 Å². The van der Waals surface area contributed by atoms with E-state index in [4.69, 9.17) is 9.47 Å². The Labute approximate surface area is 219 Å². The number of hydrogen-bond donors (Lipinski definition) is 2. The number of ether oxygens (including phenoxy) is 2. The van der Waals surface area contributed by atoms with Crippen LogP contribution in [0.15, 0.2) is 36.4 Å². The van der Waals surface area contributed by atoms with E-state index < -0.39 is 33.8 Å². The van der Waals surface area contributed by atoms with Crippen LogP contribution in [0.5, 0.6) is 11.6 Å². The van der Waals surface area contributed by atoms with Gasteiger partial charge in [-0.25, -0.2) is 17.7 Å². The average Bonchev–Trinajstić information content (AvgIpc) is 2.75. The van der Waals surface area contributed by atoms with Gasteiger partial charge < -0.3 is 19.7 Å². The molecule has 11 heteroatoms. The number of aliphatic hydroxyl groups is 2. The van der Waals surface area contributed by atoms with Gasteiger partial charge in [-0.05, 0) is 44.9 Å². The minimum absolute atomic E-state index is 0.0531. The number of aromatic nitrogens is 2. The summed E-state index contributed by atoms with van der Waals surface area (Å²) >= 11 is 0. The molecule has 0 spiro atoms. The molecule has 0 radical (unpaired) electrons. The summed E-state index contributed by atoms with van der Waals surface area (Å²) in [7, 11) is -2.28. The number of para-hydroxylation sites is 1. The highest BCUT2D eigenvalue weighted by atomic mass is 32.2. The molecule has 0 aliphatic rings. The Kier molecular flexibility index (Phi) is 10.2. The molecule has 1 aromatic heterocycles. The van der Waals surface area contributed by atoms with E-state index in [-0.39, 0.29) is 30.6 Å². The van der Waals surface area contributed by atoms with Crippen LogP contribution in [0.1, 0.15) is 64.6 Å². The molecular weight excluding hydrogens is 498 g/mol. The summed E-state index contributed by atoms with van der Waals surface area (Å²) in [5.74, 6) is -0.180. The number of benzene rings is 1. The Balaban J connectivity index is 2.39. The summed E-state index contributed by atoms with van der Waals surface area (Å²) in [6.07, 6.45) is 1.51. The third-order valence-corrected chi connectivity index (χ3v) is 6.19. The van der Waals surface area contributed by atoms with Crippen LogP contribution in [-0.2, 0) is 19.6 Å². The maximum Gasteiger partial charge on any atom is 0.308 e. The van der Waals surface area contributed by atoms with Gasteiger partial charge in [0, 0.05) is 13.5 Å². The monoisotopic (exact) mass is 535 g/mol. The van der Waals surface area contributed by atoms with Crippen molar-refractivity contribution in [2.45, 2.75) is 71.2 Å². The standard InChI is InChI=1S/C26H37N3O7S/c1-17(2)23-21(14-13-18(30)15-19(31)16-22(32)36-26(3,4)5)24(35-20-11-9-8-10-12-20)28-25(27-23)29(6)37(7,33)34/h8-14,17-19,30-31H,15-16H2,1-7H3/b14-13+/t18-,19-/m1/s1. The molecule has 2 N–H and O–H groups in total. The van der Waals surface area contributed by atoms with Gasteiger partial charge in [0.25, 0.3) is 0 Å². The quantitative estimate of drug-likeness (QED) is 0.413. The van der Waals surface area contributed by atoms with E-state index in [0.717, 1.165) is 10.6 Å². The number of esters is 1. The zero-order chi connectivity index (χ0) is 28.0. The molecule has 0 fully saturated rings. The summed E-state index contributed by atoms with van der Waals surface area (Å²) in [5.41, 5.74) is 0.282. The molecule has 0 bridgehead atoms. The van der Waals surface area contributed by atoms with Gasteiger partial charge in [-0.2, -0.15) is 4.98 Å². The summed E-state index contributed by atoms with van der Waals surface area (Å²) in [5, 5.41) is 20.8. The van der Waals surface area contributed by atoms with Gasteiger partial charge >= 0.3 is 5.97 Å². The number of anilines is 1. The molecule has 0 saturated carbocycles. The van der Waals surface area contributed by atoms with E-state index >= 15 is 0 Å². The van der Waals surface area contributed by atoms with Crippen LogP contribution in [0.25, 0.3) is 6.08 Å². The van der Waals surface area contributed by atoms with Crippen LogP contribution in [0.2, 0.25) is 0 Å². The molecular formula is C26H37N3O7S. The number of hydrogen-bond acceptors (Lipinski definition) is 9. The molecule has 2 atom stereocenters. The van der Waals surface area contributed by atoms with Crippen molar-refractivity contribution in [1.82, 2.24) is 9.97 Å². The summed E-state index contributed by atoms with van der Waals surface area (Å²) < 4.78 is 36.5. The van der Waals surface area contributed by atoms with E-state index in [9.17, 15) is 23.4 Å². The van der Waals surface area contributed by atoms with Gasteiger partial charge in [-0.15, -0.1) is 0 Å². The molecule has 37 heavy (non-hydrogen) atoms. The Morgan fingerprint density at radius 2 is 1.76 bits per heavy atom. The Hall–Kier alpha value is -3.02. The SMILES string of the molecule is CC(C)c1nc(N(C)S(C)(=O)=O)nc(Oc2ccccc2)c1/C=C/[C@@H](O)C[C@@H](O)CC(=O)OC(C)(C)C. The van der Waals surface area contributed by atoms with Crippen molar-refractivity contribution in [3.63, 3.8) is 0 Å². The number of nitrogens with zero attached hydrogens (tertiary/aromatic N) is 3. The summed E-state index contributed by atoms with van der Waals surface area (Å²) in [4.78, 5) is 20.8. The molecule has 0 aliphatic carbocycles. The molecule has 0 saturated heterocycles. The largest absolute Gasteiger partial charge is 0.460 e. The minimum Gasteiger partial charge on any atom is -0.460 e. The first-order valence-corrected chi connectivity index (χ1v) is 13.8. The smallest absolute Gasteiger partial charge is 0.308 e. The number of carbonyl (C=O) groups is 1. The van der Waals surface area contributed by atoms with Crippen LogP contribution >= 0.6 is 0 Å². The molecule has 1 aromatic carbocycles. The van der Waals surface area contributed by atoms with Gasteiger partial charge in [0.15, 0.2) is 0 Å². The highest BCUT2D eigenvalue weighted by Gasteiger charge is 2.24. The molecule has 10 nitrogen and oxygen atoms in total. The first-order chi connectivity index (χ1) is 17.1. The normalized spacial score (nSPS) is 14.0. The first-order valence-electron chi connectivity index (χ1n) is 11.9. The predicted octanol–water partition coefficient (Wildman–Crippen LogP) is 3.65. The van der Waals surface area contributed by atoms with Crippen molar-refractivity contribution in [3.05, 3.63) is 47.7 Å². The number of sulfonamides is 1. The maximum atomic E-state index is 12.1. The second kappa shape index (κ2) is 12.5. The summed E-state index contributed by atoms with van der Waals surface area (Å²) in [6, 6.07) is 8.86. The zero-order valence-electron chi connectivity index (χ0n) is 22.4. The van der Waals surface area contributed by atoms with E-state index in [1.807, 2.05) is 19.9 Å². The fraction of sp³-hybridized carbons (Fsp3) is 0.500. The van der Waals surface area contributed by atoms with Gasteiger partial charge in [0.2, 0.25) is 21.9 Å². The van der Waals surface area contributed by atoms with E-state index in [0.29, 0.717) is 17.0 Å². The molecule has 0 aliphatic heterocycles. The fourth-order valence-electron chi connectivity index (χ4n) is 3.24. The van der Waals surface area contributed by atoms with Gasteiger partial charge in [-0.3, -0.25) is 4.79 Å². The highest BCUT2D eigenvalue weighted by Crippen LogP contribution is 2.32. The Bertz CT molecular complexity index is 1190. The lowest BCUT2D eigenvalue weighted by atomic mass is 10.0. The number of carbonyl (C=O) groups excluding carboxylic acids is 1. The van der Waals surface area contributed by atoms with Gasteiger partial charge in [0.05, 0.1) is 36.1 Å². The number of rotatable bonds is 11. The van der Waals surface area contributed by atoms with E-state index in [1.54, 1.807) is 51.1 Å². The van der Waals surface area contributed by atoms with Crippen LogP contribution in [0.3, 0.4) is 0 Å². The molecule has 204 valence electrons. The zero-order valence-corrected chi connectivity index (χ0v) is 23.2. The predicted molar refractivity (Wildman–Crippen MR) is 142 cm³/mol. The van der Waals surface area contributed by atoms with Gasteiger partial charge in [-0.1, -0.05) is 38.1 Å². The minimum atomic E-state index is -3.63. The molecule has 2 aromatic rings. The van der Waals surface area contributed by atoms with Crippen LogP contribution in [0.4, 0.5) is 5.95 Å². The molecule has 1 heterocycles. The van der Waals surface area contributed by atoms with E-state index in [1.165, 1.54) is 13.1 Å². The lowest BCUT2D eigenvalue weighted by Crippen LogP contribution is -2.27. The molecule has 2 rings (SSSR count). The Morgan fingerprint density at radius 1 is 1.14 bits per heavy atom. The molecule has 0 unspecified atom stereocenters. The average molecular weight is 536 g/mol.